The van der Waals surface area contributed by atoms with Crippen LogP contribution in [0.15, 0.2) is 30.5 Å². The summed E-state index contributed by atoms with van der Waals surface area (Å²) in [5.41, 5.74) is 9.24. The van der Waals surface area contributed by atoms with Crippen LogP contribution in [-0.2, 0) is 20.0 Å². The van der Waals surface area contributed by atoms with Gasteiger partial charge in [0.1, 0.15) is 0 Å². The van der Waals surface area contributed by atoms with Crippen LogP contribution in [0, 0.1) is 6.92 Å². The summed E-state index contributed by atoms with van der Waals surface area (Å²) in [6.07, 6.45) is 2.70. The molecule has 0 saturated carbocycles. The molecule has 20 heavy (non-hydrogen) atoms. The molecule has 0 saturated heterocycles. The van der Waals surface area contributed by atoms with Crippen molar-refractivity contribution < 1.29 is 4.79 Å². The Hall–Kier alpha value is -2.14. The second-order valence-corrected chi connectivity index (χ2v) is 4.84. The minimum Gasteiger partial charge on any atom is -0.348 e. The van der Waals surface area contributed by atoms with Crippen LogP contribution >= 0.6 is 0 Å². The van der Waals surface area contributed by atoms with Gasteiger partial charge < -0.3 is 11.1 Å². The maximum Gasteiger partial charge on any atom is 0.251 e. The molecule has 5 nitrogen and oxygen atoms in total. The van der Waals surface area contributed by atoms with Crippen molar-refractivity contribution in [2.75, 3.05) is 6.54 Å². The molecule has 1 amide bonds. The number of amides is 1. The molecule has 0 unspecified atom stereocenters. The molecule has 1 aromatic heterocycles. The average molecular weight is 272 g/mol. The third-order valence-electron chi connectivity index (χ3n) is 3.18. The number of hydrogen-bond donors (Lipinski definition) is 2. The molecule has 5 heteroatoms. The summed E-state index contributed by atoms with van der Waals surface area (Å²) >= 11 is 0. The summed E-state index contributed by atoms with van der Waals surface area (Å²) in [7, 11) is 1.87. The van der Waals surface area contributed by atoms with Crippen LogP contribution in [0.25, 0.3) is 0 Å². The average Bonchev–Trinajstić information content (AvgIpc) is 2.75. The molecule has 0 fully saturated rings. The first kappa shape index (κ1) is 14.3. The third-order valence-corrected chi connectivity index (χ3v) is 3.18. The lowest BCUT2D eigenvalue weighted by Crippen LogP contribution is -2.23. The number of aromatic nitrogens is 2. The zero-order chi connectivity index (χ0) is 14.5. The first-order chi connectivity index (χ1) is 9.60. The van der Waals surface area contributed by atoms with E-state index in [1.807, 2.05) is 44.4 Å². The van der Waals surface area contributed by atoms with Crippen LogP contribution < -0.4 is 11.1 Å². The summed E-state index contributed by atoms with van der Waals surface area (Å²) in [5, 5.41) is 7.17. The van der Waals surface area contributed by atoms with Crippen LogP contribution in [0.5, 0.6) is 0 Å². The van der Waals surface area contributed by atoms with E-state index in [-0.39, 0.29) is 5.91 Å². The van der Waals surface area contributed by atoms with E-state index in [0.717, 1.165) is 23.2 Å². The van der Waals surface area contributed by atoms with Crippen molar-refractivity contribution in [1.82, 2.24) is 15.1 Å². The van der Waals surface area contributed by atoms with Gasteiger partial charge in [-0.1, -0.05) is 12.1 Å². The number of nitrogens with zero attached hydrogens (tertiary/aromatic N) is 2. The maximum atomic E-state index is 12.1. The molecule has 3 N–H and O–H groups in total. The number of nitrogens with two attached hydrogens (primary N) is 1. The Morgan fingerprint density at radius 2 is 2.25 bits per heavy atom. The van der Waals surface area contributed by atoms with Crippen molar-refractivity contribution in [2.45, 2.75) is 19.9 Å². The Morgan fingerprint density at radius 3 is 2.90 bits per heavy atom. The molecule has 2 rings (SSSR count). The second-order valence-electron chi connectivity index (χ2n) is 4.84. The Bertz CT molecular complexity index is 604. The quantitative estimate of drug-likeness (QED) is 0.858. The van der Waals surface area contributed by atoms with E-state index in [4.69, 9.17) is 5.73 Å². The molecule has 1 heterocycles. The first-order valence-corrected chi connectivity index (χ1v) is 6.66. The van der Waals surface area contributed by atoms with Gasteiger partial charge in [0.15, 0.2) is 0 Å². The zero-order valence-electron chi connectivity index (χ0n) is 11.9. The second kappa shape index (κ2) is 6.34. The zero-order valence-corrected chi connectivity index (χ0v) is 11.9. The lowest BCUT2D eigenvalue weighted by atomic mass is 10.1. The van der Waals surface area contributed by atoms with Gasteiger partial charge in [-0.05, 0) is 37.6 Å². The van der Waals surface area contributed by atoms with Gasteiger partial charge in [0.25, 0.3) is 5.91 Å². The Morgan fingerprint density at radius 1 is 1.45 bits per heavy atom. The number of hydrogen-bond acceptors (Lipinski definition) is 3. The minimum absolute atomic E-state index is 0.0767. The Kier molecular flexibility index (Phi) is 4.53. The van der Waals surface area contributed by atoms with Crippen molar-refractivity contribution in [3.8, 4) is 0 Å². The highest BCUT2D eigenvalue weighted by molar-refractivity contribution is 5.94. The predicted octanol–water partition coefficient (Wildman–Crippen LogP) is 1.16. The smallest absolute Gasteiger partial charge is 0.251 e. The predicted molar refractivity (Wildman–Crippen MR) is 78.3 cm³/mol. The van der Waals surface area contributed by atoms with Gasteiger partial charge in [-0.3, -0.25) is 9.48 Å². The molecule has 0 spiro atoms. The van der Waals surface area contributed by atoms with Gasteiger partial charge in [-0.2, -0.15) is 5.10 Å². The molecule has 0 bridgehead atoms. The highest BCUT2D eigenvalue weighted by atomic mass is 16.1. The van der Waals surface area contributed by atoms with Gasteiger partial charge in [0, 0.05) is 30.9 Å². The molecular weight excluding hydrogens is 252 g/mol. The number of carbonyl (C=O) groups is 1. The van der Waals surface area contributed by atoms with Gasteiger partial charge in [0.05, 0.1) is 5.69 Å². The highest BCUT2D eigenvalue weighted by Crippen LogP contribution is 2.08. The largest absolute Gasteiger partial charge is 0.348 e. The number of aryl methyl sites for hydroxylation is 2. The third kappa shape index (κ3) is 3.45. The molecule has 0 aliphatic heterocycles. The van der Waals surface area contributed by atoms with E-state index in [2.05, 4.69) is 10.4 Å². The van der Waals surface area contributed by atoms with E-state index < -0.39 is 0 Å². The van der Waals surface area contributed by atoms with Crippen molar-refractivity contribution in [1.29, 1.82) is 0 Å². The fourth-order valence-electron chi connectivity index (χ4n) is 2.13. The van der Waals surface area contributed by atoms with E-state index in [9.17, 15) is 4.79 Å². The fourth-order valence-corrected chi connectivity index (χ4v) is 2.13. The van der Waals surface area contributed by atoms with Gasteiger partial charge >= 0.3 is 0 Å². The van der Waals surface area contributed by atoms with Gasteiger partial charge in [0.2, 0.25) is 0 Å². The van der Waals surface area contributed by atoms with Gasteiger partial charge in [-0.25, -0.2) is 0 Å². The van der Waals surface area contributed by atoms with Crippen molar-refractivity contribution in [3.05, 3.63) is 52.8 Å². The number of benzene rings is 1. The summed E-state index contributed by atoms with van der Waals surface area (Å²) < 4.78 is 1.75. The van der Waals surface area contributed by atoms with E-state index in [0.29, 0.717) is 18.7 Å². The number of nitrogens with one attached hydrogen (secondary N) is 1. The Labute approximate surface area is 118 Å². The van der Waals surface area contributed by atoms with Crippen molar-refractivity contribution in [2.24, 2.45) is 12.8 Å². The van der Waals surface area contributed by atoms with E-state index in [1.54, 1.807) is 4.68 Å². The molecule has 0 aliphatic carbocycles. The van der Waals surface area contributed by atoms with E-state index >= 15 is 0 Å². The highest BCUT2D eigenvalue weighted by Gasteiger charge is 2.08. The van der Waals surface area contributed by atoms with Crippen LogP contribution in [0.4, 0.5) is 0 Å². The normalized spacial score (nSPS) is 10.6. The lowest BCUT2D eigenvalue weighted by molar-refractivity contribution is 0.0951. The fraction of sp³-hybridized carbons (Fsp3) is 0.333. The Balaban J connectivity index is 2.01. The standard InChI is InChI=1S/C15H20N4O/c1-11-14(10-19(2)18-11)9-17-15(20)13-5-3-4-12(8-13)6-7-16/h3-5,8,10H,6-7,9,16H2,1-2H3,(H,17,20). The SMILES string of the molecule is Cc1nn(C)cc1CNC(=O)c1cccc(CCN)c1. The first-order valence-electron chi connectivity index (χ1n) is 6.66. The monoisotopic (exact) mass is 272 g/mol. The molecule has 0 radical (unpaired) electrons. The van der Waals surface area contributed by atoms with Crippen LogP contribution in [0.1, 0.15) is 27.2 Å². The van der Waals surface area contributed by atoms with E-state index in [1.165, 1.54) is 0 Å². The number of carbonyl (C=O) groups excluding carboxylic acids is 1. The van der Waals surface area contributed by atoms with Crippen molar-refractivity contribution >= 4 is 5.91 Å². The minimum atomic E-state index is -0.0767. The molecule has 2 aromatic rings. The topological polar surface area (TPSA) is 72.9 Å². The van der Waals surface area contributed by atoms with Crippen LogP contribution in [0.3, 0.4) is 0 Å². The van der Waals surface area contributed by atoms with Gasteiger partial charge in [-0.15, -0.1) is 0 Å². The molecule has 0 aliphatic rings. The lowest BCUT2D eigenvalue weighted by Gasteiger charge is -2.06. The van der Waals surface area contributed by atoms with Crippen LogP contribution in [0.2, 0.25) is 0 Å². The summed E-state index contributed by atoms with van der Waals surface area (Å²) in [6, 6.07) is 7.56. The summed E-state index contributed by atoms with van der Waals surface area (Å²) in [6.45, 7) is 3.00. The molecule has 0 atom stereocenters. The maximum absolute atomic E-state index is 12.1. The molecule has 106 valence electrons. The molecular formula is C15H20N4O. The van der Waals surface area contributed by atoms with Crippen LogP contribution in [-0.4, -0.2) is 22.2 Å². The summed E-state index contributed by atoms with van der Waals surface area (Å²) in [4.78, 5) is 12.1. The molecule has 1 aromatic carbocycles. The summed E-state index contributed by atoms with van der Waals surface area (Å²) in [5.74, 6) is -0.0767. The number of rotatable bonds is 5. The van der Waals surface area contributed by atoms with Crippen molar-refractivity contribution in [3.63, 3.8) is 0 Å².